The molecule has 0 saturated heterocycles. The van der Waals surface area contributed by atoms with Crippen LogP contribution in [-0.4, -0.2) is 30.0 Å². The first-order valence-electron chi connectivity index (χ1n) is 8.60. The Hall–Kier alpha value is -2.79. The van der Waals surface area contributed by atoms with Crippen LogP contribution in [0.4, 0.5) is 0 Å². The Kier molecular flexibility index (Phi) is 5.81. The highest BCUT2D eigenvalue weighted by molar-refractivity contribution is 6.30. The number of nitrogens with zero attached hydrogens (tertiary/aromatic N) is 2. The molecule has 0 saturated carbocycles. The van der Waals surface area contributed by atoms with E-state index in [0.717, 1.165) is 22.5 Å². The molecule has 1 aromatic heterocycles. The summed E-state index contributed by atoms with van der Waals surface area (Å²) in [6.45, 7) is 1.94. The van der Waals surface area contributed by atoms with Gasteiger partial charge in [-0.25, -0.2) is 9.48 Å². The highest BCUT2D eigenvalue weighted by Crippen LogP contribution is 2.28. The summed E-state index contributed by atoms with van der Waals surface area (Å²) in [4.78, 5) is 12.2. The lowest BCUT2D eigenvalue weighted by Gasteiger charge is -2.12. The summed E-state index contributed by atoms with van der Waals surface area (Å²) >= 11 is 6.60. The molecule has 0 aliphatic rings. The van der Waals surface area contributed by atoms with Gasteiger partial charge in [0.25, 0.3) is 0 Å². The Morgan fingerprint density at radius 3 is 2.48 bits per heavy atom. The van der Waals surface area contributed by atoms with E-state index >= 15 is 0 Å². The first-order chi connectivity index (χ1) is 13.1. The number of aromatic nitrogens is 2. The molecule has 0 unspecified atom stereocenters. The van der Waals surface area contributed by atoms with Crippen molar-refractivity contribution < 1.29 is 14.3 Å². The van der Waals surface area contributed by atoms with Gasteiger partial charge < -0.3 is 9.47 Å². The third-order valence-corrected chi connectivity index (χ3v) is 4.88. The second-order valence-corrected chi connectivity index (χ2v) is 6.45. The summed E-state index contributed by atoms with van der Waals surface area (Å²) in [5, 5.41) is 5.15. The normalized spacial score (nSPS) is 10.7. The zero-order valence-electron chi connectivity index (χ0n) is 15.5. The van der Waals surface area contributed by atoms with E-state index in [1.54, 1.807) is 10.7 Å². The molecule has 5 nitrogen and oxygen atoms in total. The molecule has 3 rings (SSSR count). The number of hydrogen-bond acceptors (Lipinski definition) is 4. The lowest BCUT2D eigenvalue weighted by atomic mass is 9.99. The maximum atomic E-state index is 12.2. The van der Waals surface area contributed by atoms with Gasteiger partial charge in [-0.2, -0.15) is 5.10 Å². The molecule has 2 aromatic carbocycles. The van der Waals surface area contributed by atoms with Crippen LogP contribution in [0.3, 0.4) is 0 Å². The number of benzene rings is 2. The van der Waals surface area contributed by atoms with E-state index in [4.69, 9.17) is 21.1 Å². The van der Waals surface area contributed by atoms with Gasteiger partial charge in [-0.1, -0.05) is 41.9 Å². The Morgan fingerprint density at radius 2 is 1.81 bits per heavy atom. The molecular weight excluding hydrogens is 364 g/mol. The van der Waals surface area contributed by atoms with Gasteiger partial charge in [0.05, 0.1) is 25.6 Å². The molecule has 140 valence electrons. The number of para-hydroxylation sites is 1. The van der Waals surface area contributed by atoms with E-state index in [9.17, 15) is 4.79 Å². The van der Waals surface area contributed by atoms with Crippen molar-refractivity contribution in [1.82, 2.24) is 9.78 Å². The molecular formula is C21H21ClN2O3. The maximum Gasteiger partial charge on any atom is 0.341 e. The summed E-state index contributed by atoms with van der Waals surface area (Å²) in [5.74, 6) is 0.0902. The largest absolute Gasteiger partial charge is 0.496 e. The van der Waals surface area contributed by atoms with E-state index < -0.39 is 5.97 Å². The molecule has 0 atom stereocenters. The van der Waals surface area contributed by atoms with Crippen LogP contribution in [0, 0.1) is 6.92 Å². The van der Waals surface area contributed by atoms with Crippen molar-refractivity contribution in [2.24, 2.45) is 0 Å². The third kappa shape index (κ3) is 3.83. The van der Waals surface area contributed by atoms with Crippen LogP contribution in [0.5, 0.6) is 5.75 Å². The zero-order valence-corrected chi connectivity index (χ0v) is 16.3. The number of aryl methyl sites for hydroxylation is 2. The smallest absolute Gasteiger partial charge is 0.341 e. The van der Waals surface area contributed by atoms with Gasteiger partial charge >= 0.3 is 5.97 Å². The van der Waals surface area contributed by atoms with Crippen LogP contribution in [0.1, 0.15) is 27.2 Å². The van der Waals surface area contributed by atoms with Crippen LogP contribution in [0.15, 0.2) is 48.5 Å². The van der Waals surface area contributed by atoms with E-state index in [0.29, 0.717) is 29.3 Å². The molecule has 0 spiro atoms. The van der Waals surface area contributed by atoms with Crippen molar-refractivity contribution in [3.63, 3.8) is 0 Å². The molecule has 1 heterocycles. The van der Waals surface area contributed by atoms with Crippen LogP contribution >= 0.6 is 11.6 Å². The third-order valence-electron chi connectivity index (χ3n) is 4.49. The Bertz CT molecular complexity index is 952. The molecule has 0 aliphatic heterocycles. The average molecular weight is 385 g/mol. The second-order valence-electron chi connectivity index (χ2n) is 6.09. The fraction of sp³-hybridized carbons (Fsp3) is 0.238. The van der Waals surface area contributed by atoms with E-state index in [2.05, 4.69) is 5.10 Å². The number of ether oxygens (including phenoxy) is 2. The highest BCUT2D eigenvalue weighted by atomic mass is 35.5. The van der Waals surface area contributed by atoms with Gasteiger partial charge in [-0.05, 0) is 43.5 Å². The quantitative estimate of drug-likeness (QED) is 0.590. The molecule has 0 fully saturated rings. The summed E-state index contributed by atoms with van der Waals surface area (Å²) in [7, 11) is 2.90. The SMILES string of the molecule is COC(=O)c1c(CCc2c(C)nn(-c3ccccc3)c2Cl)cccc1OC. The van der Waals surface area contributed by atoms with E-state index in [1.165, 1.54) is 14.2 Å². The van der Waals surface area contributed by atoms with Gasteiger partial charge in [0.15, 0.2) is 0 Å². The molecule has 27 heavy (non-hydrogen) atoms. The number of esters is 1. The van der Waals surface area contributed by atoms with Crippen molar-refractivity contribution in [3.05, 3.63) is 76.1 Å². The van der Waals surface area contributed by atoms with Crippen molar-refractivity contribution in [1.29, 1.82) is 0 Å². The standard InChI is InChI=1S/C21H21ClN2O3/c1-14-17(20(22)24(23-14)16-9-5-4-6-10-16)13-12-15-8-7-11-18(26-2)19(15)21(25)27-3/h4-11H,12-13H2,1-3H3. The van der Waals surface area contributed by atoms with Gasteiger partial charge in [-0.3, -0.25) is 0 Å². The Morgan fingerprint density at radius 1 is 1.07 bits per heavy atom. The predicted molar refractivity (Wildman–Crippen MR) is 105 cm³/mol. The van der Waals surface area contributed by atoms with E-state index in [-0.39, 0.29) is 0 Å². The monoisotopic (exact) mass is 384 g/mol. The number of halogens is 1. The summed E-state index contributed by atoms with van der Waals surface area (Å²) < 4.78 is 12.0. The lowest BCUT2D eigenvalue weighted by Crippen LogP contribution is -2.09. The molecule has 0 N–H and O–H groups in total. The topological polar surface area (TPSA) is 53.3 Å². The number of carbonyl (C=O) groups excluding carboxylic acids is 1. The maximum absolute atomic E-state index is 12.2. The molecule has 3 aromatic rings. The minimum Gasteiger partial charge on any atom is -0.496 e. The first kappa shape index (κ1) is 19.0. The fourth-order valence-corrected chi connectivity index (χ4v) is 3.47. The van der Waals surface area contributed by atoms with Crippen molar-refractivity contribution in [2.45, 2.75) is 19.8 Å². The summed E-state index contributed by atoms with van der Waals surface area (Å²) in [6, 6.07) is 15.3. The molecule has 0 amide bonds. The van der Waals surface area contributed by atoms with Crippen LogP contribution in [-0.2, 0) is 17.6 Å². The van der Waals surface area contributed by atoms with Gasteiger partial charge in [0.1, 0.15) is 16.5 Å². The number of hydrogen-bond donors (Lipinski definition) is 0. The average Bonchev–Trinajstić information content (AvgIpc) is 2.99. The minimum absolute atomic E-state index is 0.412. The number of carbonyl (C=O) groups is 1. The van der Waals surface area contributed by atoms with Gasteiger partial charge in [0, 0.05) is 5.56 Å². The Labute approximate surface area is 163 Å². The zero-order chi connectivity index (χ0) is 19.4. The Balaban J connectivity index is 1.90. The molecule has 0 radical (unpaired) electrons. The predicted octanol–water partition coefficient (Wildman–Crippen LogP) is 4.41. The van der Waals surface area contributed by atoms with Crippen LogP contribution < -0.4 is 4.74 Å². The van der Waals surface area contributed by atoms with E-state index in [1.807, 2.05) is 49.4 Å². The second kappa shape index (κ2) is 8.27. The van der Waals surface area contributed by atoms with Gasteiger partial charge in [-0.15, -0.1) is 0 Å². The lowest BCUT2D eigenvalue weighted by molar-refractivity contribution is 0.0595. The van der Waals surface area contributed by atoms with Crippen molar-refractivity contribution in [2.75, 3.05) is 14.2 Å². The minimum atomic E-state index is -0.412. The fourth-order valence-electron chi connectivity index (χ4n) is 3.10. The molecule has 0 aliphatic carbocycles. The van der Waals surface area contributed by atoms with Gasteiger partial charge in [0.2, 0.25) is 0 Å². The summed E-state index contributed by atoms with van der Waals surface area (Å²) in [5.41, 5.74) is 4.04. The van der Waals surface area contributed by atoms with Crippen molar-refractivity contribution in [3.8, 4) is 11.4 Å². The van der Waals surface area contributed by atoms with Crippen molar-refractivity contribution >= 4 is 17.6 Å². The first-order valence-corrected chi connectivity index (χ1v) is 8.98. The molecule has 6 heteroatoms. The molecule has 0 bridgehead atoms. The van der Waals surface area contributed by atoms with Crippen LogP contribution in [0.2, 0.25) is 5.15 Å². The number of rotatable bonds is 6. The van der Waals surface area contributed by atoms with Crippen LogP contribution in [0.25, 0.3) is 5.69 Å². The number of methoxy groups -OCH3 is 2. The summed E-state index contributed by atoms with van der Waals surface area (Å²) in [6.07, 6.45) is 1.26. The highest BCUT2D eigenvalue weighted by Gasteiger charge is 2.20.